The number of anilines is 2. The summed E-state index contributed by atoms with van der Waals surface area (Å²) in [7, 11) is 0. The standard InChI is InChI=1S/C25H25F5N6O2/c26-22(27)23(28)35-12-24(37,13-35)19-7-15(3-5-31-19)33-20-8-17(4-6-32-20)38-18-11-36(16-1-2-16)34-21(18)14-9-25(29,30)10-14/h3-8,11,14,16,22-23,37H,1-2,9-10,12-13H2,(H,31,32,33). The van der Waals surface area contributed by atoms with Gasteiger partial charge in [0.05, 0.1) is 17.9 Å². The lowest BCUT2D eigenvalue weighted by Crippen LogP contribution is -2.63. The van der Waals surface area contributed by atoms with E-state index in [0.29, 0.717) is 28.7 Å². The first kappa shape index (κ1) is 25.0. The molecule has 2 N–H and O–H groups in total. The number of rotatable bonds is 9. The maximum Gasteiger partial charge on any atom is 0.282 e. The highest BCUT2D eigenvalue weighted by atomic mass is 19.3. The maximum absolute atomic E-state index is 13.5. The largest absolute Gasteiger partial charge is 0.454 e. The topological polar surface area (TPSA) is 88.3 Å². The second-order valence-electron chi connectivity index (χ2n) is 10.2. The molecular formula is C25H25F5N6O2. The molecule has 0 bridgehead atoms. The molecule has 4 heterocycles. The zero-order valence-electron chi connectivity index (χ0n) is 20.1. The summed E-state index contributed by atoms with van der Waals surface area (Å²) in [6.45, 7) is -0.610. The van der Waals surface area contributed by atoms with Gasteiger partial charge in [0.25, 0.3) is 6.43 Å². The monoisotopic (exact) mass is 536 g/mol. The lowest BCUT2D eigenvalue weighted by atomic mass is 9.79. The lowest BCUT2D eigenvalue weighted by Gasteiger charge is -2.47. The second kappa shape index (κ2) is 9.16. The normalized spacial score (nSPS) is 21.6. The number of aromatic nitrogens is 4. The molecular weight excluding hydrogens is 511 g/mol. The Bertz CT molecular complexity index is 1320. The van der Waals surface area contributed by atoms with Crippen LogP contribution < -0.4 is 10.1 Å². The van der Waals surface area contributed by atoms with Crippen molar-refractivity contribution in [1.29, 1.82) is 0 Å². The molecule has 1 saturated heterocycles. The molecule has 3 aliphatic rings. The first-order valence-electron chi connectivity index (χ1n) is 12.3. The molecule has 2 aliphatic carbocycles. The van der Waals surface area contributed by atoms with Crippen molar-refractivity contribution in [3.63, 3.8) is 0 Å². The van der Waals surface area contributed by atoms with Crippen LogP contribution in [0.1, 0.15) is 49.0 Å². The van der Waals surface area contributed by atoms with Crippen LogP contribution in [0.15, 0.2) is 42.9 Å². The Morgan fingerprint density at radius 3 is 2.47 bits per heavy atom. The molecule has 8 nitrogen and oxygen atoms in total. The van der Waals surface area contributed by atoms with E-state index >= 15 is 0 Å². The van der Waals surface area contributed by atoms with Gasteiger partial charge in [0.15, 0.2) is 5.75 Å². The Hall–Kier alpha value is -3.32. The maximum atomic E-state index is 13.5. The summed E-state index contributed by atoms with van der Waals surface area (Å²) in [5.41, 5.74) is -0.303. The first-order valence-corrected chi connectivity index (χ1v) is 12.3. The van der Waals surface area contributed by atoms with Gasteiger partial charge in [-0.25, -0.2) is 26.9 Å². The molecule has 2 saturated carbocycles. The number of hydrogen-bond acceptors (Lipinski definition) is 7. The van der Waals surface area contributed by atoms with Gasteiger partial charge in [-0.15, -0.1) is 0 Å². The third-order valence-electron chi connectivity index (χ3n) is 7.08. The van der Waals surface area contributed by atoms with E-state index in [2.05, 4.69) is 20.4 Å². The fourth-order valence-electron chi connectivity index (χ4n) is 4.83. The summed E-state index contributed by atoms with van der Waals surface area (Å²) in [6, 6.07) is 6.70. The smallest absolute Gasteiger partial charge is 0.282 e. The van der Waals surface area contributed by atoms with E-state index in [1.807, 2.05) is 0 Å². The lowest BCUT2D eigenvalue weighted by molar-refractivity contribution is -0.176. The number of nitrogens with one attached hydrogen (secondary N) is 1. The number of alkyl halides is 5. The van der Waals surface area contributed by atoms with E-state index in [-0.39, 0.29) is 43.6 Å². The molecule has 0 radical (unpaired) electrons. The molecule has 1 atom stereocenters. The van der Waals surface area contributed by atoms with E-state index in [1.54, 1.807) is 29.1 Å². The van der Waals surface area contributed by atoms with Crippen LogP contribution in [0.25, 0.3) is 0 Å². The number of β-amino-alcohol motifs (C(OH)–C–C–N with tert-alkyl or cyclic N) is 1. The van der Waals surface area contributed by atoms with E-state index in [4.69, 9.17) is 4.74 Å². The highest BCUT2D eigenvalue weighted by Crippen LogP contribution is 2.51. The molecule has 202 valence electrons. The Balaban J connectivity index is 1.16. The van der Waals surface area contributed by atoms with Gasteiger partial charge in [0.1, 0.15) is 22.9 Å². The molecule has 3 fully saturated rings. The minimum absolute atomic E-state index is 0.210. The van der Waals surface area contributed by atoms with Crippen molar-refractivity contribution in [1.82, 2.24) is 24.6 Å². The Morgan fingerprint density at radius 1 is 1.05 bits per heavy atom. The van der Waals surface area contributed by atoms with Crippen molar-refractivity contribution in [3.05, 3.63) is 54.2 Å². The first-order chi connectivity index (χ1) is 18.1. The summed E-state index contributed by atoms with van der Waals surface area (Å²) >= 11 is 0. The second-order valence-corrected chi connectivity index (χ2v) is 10.2. The fourth-order valence-corrected chi connectivity index (χ4v) is 4.83. The van der Waals surface area contributed by atoms with Gasteiger partial charge < -0.3 is 15.2 Å². The van der Waals surface area contributed by atoms with E-state index in [0.717, 1.165) is 17.7 Å². The predicted octanol–water partition coefficient (Wildman–Crippen LogP) is 5.12. The quantitative estimate of drug-likeness (QED) is 0.290. The summed E-state index contributed by atoms with van der Waals surface area (Å²) in [5, 5.41) is 18.3. The van der Waals surface area contributed by atoms with Crippen LogP contribution in [-0.2, 0) is 5.60 Å². The van der Waals surface area contributed by atoms with Crippen LogP contribution >= 0.6 is 0 Å². The zero-order valence-corrected chi connectivity index (χ0v) is 20.1. The molecule has 0 aromatic carbocycles. The van der Waals surface area contributed by atoms with E-state index < -0.39 is 24.2 Å². The number of aliphatic hydroxyl groups is 1. The van der Waals surface area contributed by atoms with Crippen molar-refractivity contribution in [2.45, 2.75) is 61.9 Å². The molecule has 13 heteroatoms. The highest BCUT2D eigenvalue weighted by molar-refractivity contribution is 5.58. The van der Waals surface area contributed by atoms with Crippen LogP contribution in [0, 0.1) is 0 Å². The highest BCUT2D eigenvalue weighted by Gasteiger charge is 2.49. The summed E-state index contributed by atoms with van der Waals surface area (Å²) in [4.78, 5) is 9.24. The molecule has 0 spiro atoms. The Labute approximate surface area is 214 Å². The molecule has 3 aromatic heterocycles. The average molecular weight is 537 g/mol. The number of hydrogen-bond donors (Lipinski definition) is 2. The third-order valence-corrected chi connectivity index (χ3v) is 7.08. The molecule has 38 heavy (non-hydrogen) atoms. The Morgan fingerprint density at radius 2 is 1.79 bits per heavy atom. The van der Waals surface area contributed by atoms with Crippen molar-refractivity contribution in [2.24, 2.45) is 0 Å². The predicted molar refractivity (Wildman–Crippen MR) is 126 cm³/mol. The Kier molecular flexibility index (Phi) is 6.02. The summed E-state index contributed by atoms with van der Waals surface area (Å²) < 4.78 is 73.7. The van der Waals surface area contributed by atoms with Crippen LogP contribution in [0.5, 0.6) is 11.5 Å². The van der Waals surface area contributed by atoms with Crippen LogP contribution in [0.3, 0.4) is 0 Å². The van der Waals surface area contributed by atoms with Gasteiger partial charge in [-0.05, 0) is 31.0 Å². The van der Waals surface area contributed by atoms with Crippen molar-refractivity contribution in [3.8, 4) is 11.5 Å². The minimum Gasteiger partial charge on any atom is -0.454 e. The van der Waals surface area contributed by atoms with Crippen molar-refractivity contribution < 1.29 is 31.8 Å². The van der Waals surface area contributed by atoms with Gasteiger partial charge in [0, 0.05) is 56.0 Å². The summed E-state index contributed by atoms with van der Waals surface area (Å²) in [6.07, 6.45) is 0.588. The van der Waals surface area contributed by atoms with Crippen molar-refractivity contribution >= 4 is 11.5 Å². The van der Waals surface area contributed by atoms with Gasteiger partial charge in [-0.1, -0.05) is 0 Å². The number of halogens is 5. The van der Waals surface area contributed by atoms with Crippen LogP contribution in [-0.4, -0.2) is 61.5 Å². The van der Waals surface area contributed by atoms with E-state index in [1.165, 1.54) is 18.5 Å². The fraction of sp³-hybridized carbons (Fsp3) is 0.480. The SMILES string of the molecule is OC1(c2cc(Nc3cc(Oc4cn(C5CC5)nc4C4CC(F)(F)C4)ccn3)ccn2)CN(C(F)C(F)F)C1. The molecule has 0 amide bonds. The molecule has 1 unspecified atom stereocenters. The molecule has 6 rings (SSSR count). The summed E-state index contributed by atoms with van der Waals surface area (Å²) in [5.74, 6) is -1.78. The number of pyridine rings is 2. The van der Waals surface area contributed by atoms with Gasteiger partial charge >= 0.3 is 0 Å². The van der Waals surface area contributed by atoms with Gasteiger partial charge in [0.2, 0.25) is 12.2 Å². The van der Waals surface area contributed by atoms with Crippen LogP contribution in [0.2, 0.25) is 0 Å². The van der Waals surface area contributed by atoms with Crippen molar-refractivity contribution in [2.75, 3.05) is 18.4 Å². The third kappa shape index (κ3) is 4.92. The number of likely N-dealkylation sites (tertiary alicyclic amines) is 1. The average Bonchev–Trinajstić information content (AvgIpc) is 3.61. The minimum atomic E-state index is -3.16. The number of ether oxygens (including phenoxy) is 1. The van der Waals surface area contributed by atoms with Crippen LogP contribution in [0.4, 0.5) is 33.5 Å². The van der Waals surface area contributed by atoms with Gasteiger partial charge in [-0.2, -0.15) is 5.10 Å². The van der Waals surface area contributed by atoms with E-state index in [9.17, 15) is 27.1 Å². The molecule has 1 aliphatic heterocycles. The van der Waals surface area contributed by atoms with Gasteiger partial charge in [-0.3, -0.25) is 14.6 Å². The molecule has 3 aromatic rings. The number of nitrogens with zero attached hydrogens (tertiary/aromatic N) is 5. The zero-order chi connectivity index (χ0) is 26.7.